The quantitative estimate of drug-likeness (QED) is 0.878. The number of carbonyl (C=O) groups is 2. The zero-order valence-corrected chi connectivity index (χ0v) is 13.2. The van der Waals surface area contributed by atoms with Crippen LogP contribution >= 0.6 is 0 Å². The van der Waals surface area contributed by atoms with Gasteiger partial charge in [0.1, 0.15) is 5.82 Å². The summed E-state index contributed by atoms with van der Waals surface area (Å²) < 4.78 is 0. The molecule has 5 nitrogen and oxygen atoms in total. The van der Waals surface area contributed by atoms with Crippen molar-refractivity contribution < 1.29 is 9.59 Å². The fourth-order valence-corrected chi connectivity index (χ4v) is 2.00. The number of nitrogens with one attached hydrogen (secondary N) is 1. The van der Waals surface area contributed by atoms with Crippen molar-refractivity contribution in [2.45, 2.75) is 33.6 Å². The molecule has 1 N–H and O–H groups in total. The van der Waals surface area contributed by atoms with Crippen molar-refractivity contribution in [3.8, 4) is 0 Å². The molecule has 0 aliphatic carbocycles. The summed E-state index contributed by atoms with van der Waals surface area (Å²) in [6.07, 6.45) is 1.54. The van der Waals surface area contributed by atoms with Gasteiger partial charge in [0.05, 0.1) is 11.3 Å². The lowest BCUT2D eigenvalue weighted by Crippen LogP contribution is -2.16. The third-order valence-corrected chi connectivity index (χ3v) is 3.29. The highest BCUT2D eigenvalue weighted by Gasteiger charge is 2.13. The molecule has 22 heavy (non-hydrogen) atoms. The first kappa shape index (κ1) is 15.8. The molecule has 2 rings (SSSR count). The van der Waals surface area contributed by atoms with Crippen molar-refractivity contribution >= 4 is 17.4 Å². The summed E-state index contributed by atoms with van der Waals surface area (Å²) in [7, 11) is 0. The molecule has 0 aliphatic heterocycles. The third-order valence-electron chi connectivity index (χ3n) is 3.29. The molecule has 0 unspecified atom stereocenters. The fraction of sp³-hybridized carbons (Fsp3) is 0.294. The molecule has 1 amide bonds. The molecule has 0 bridgehead atoms. The van der Waals surface area contributed by atoms with E-state index in [1.54, 1.807) is 37.4 Å². The monoisotopic (exact) mass is 297 g/mol. The summed E-state index contributed by atoms with van der Waals surface area (Å²) >= 11 is 0. The zero-order chi connectivity index (χ0) is 16.3. The minimum Gasteiger partial charge on any atom is -0.322 e. The van der Waals surface area contributed by atoms with Crippen molar-refractivity contribution in [3.63, 3.8) is 0 Å². The molecule has 1 heterocycles. The van der Waals surface area contributed by atoms with E-state index in [0.717, 1.165) is 0 Å². The Labute approximate surface area is 129 Å². The largest absolute Gasteiger partial charge is 0.322 e. The van der Waals surface area contributed by atoms with Crippen LogP contribution in [0.5, 0.6) is 0 Å². The first-order valence-electron chi connectivity index (χ1n) is 7.14. The molecule has 5 heteroatoms. The average Bonchev–Trinajstić information content (AvgIpc) is 2.47. The molecule has 0 fully saturated rings. The first-order valence-corrected chi connectivity index (χ1v) is 7.14. The van der Waals surface area contributed by atoms with Crippen LogP contribution in [-0.4, -0.2) is 21.7 Å². The van der Waals surface area contributed by atoms with Crippen LogP contribution in [0.3, 0.4) is 0 Å². The Morgan fingerprint density at radius 3 is 2.55 bits per heavy atom. The predicted octanol–water partition coefficient (Wildman–Crippen LogP) is 3.36. The smallest absolute Gasteiger partial charge is 0.259 e. The van der Waals surface area contributed by atoms with Gasteiger partial charge in [-0.25, -0.2) is 9.97 Å². The lowest BCUT2D eigenvalue weighted by Gasteiger charge is -2.10. The fourth-order valence-electron chi connectivity index (χ4n) is 2.00. The number of aromatic nitrogens is 2. The summed E-state index contributed by atoms with van der Waals surface area (Å²) in [5.41, 5.74) is 2.20. The number of rotatable bonds is 4. The highest BCUT2D eigenvalue weighted by molar-refractivity contribution is 6.05. The molecule has 0 saturated heterocycles. The molecule has 0 spiro atoms. The van der Waals surface area contributed by atoms with Crippen LogP contribution in [-0.2, 0) is 0 Å². The van der Waals surface area contributed by atoms with Gasteiger partial charge in [-0.05, 0) is 26.0 Å². The molecule has 1 aromatic heterocycles. The number of nitrogens with zero attached hydrogens (tertiary/aromatic N) is 2. The van der Waals surface area contributed by atoms with E-state index < -0.39 is 0 Å². The van der Waals surface area contributed by atoms with Crippen molar-refractivity contribution in [2.75, 3.05) is 5.32 Å². The van der Waals surface area contributed by atoms with E-state index in [0.29, 0.717) is 28.3 Å². The van der Waals surface area contributed by atoms with Gasteiger partial charge in [-0.1, -0.05) is 26.0 Å². The Kier molecular flexibility index (Phi) is 4.65. The Balaban J connectivity index is 2.22. The second kappa shape index (κ2) is 6.47. The first-order chi connectivity index (χ1) is 10.4. The van der Waals surface area contributed by atoms with Gasteiger partial charge >= 0.3 is 0 Å². The lowest BCUT2D eigenvalue weighted by atomic mass is 10.1. The van der Waals surface area contributed by atoms with Crippen LogP contribution in [0, 0.1) is 6.92 Å². The summed E-state index contributed by atoms with van der Waals surface area (Å²) in [5, 5.41) is 2.77. The van der Waals surface area contributed by atoms with E-state index in [2.05, 4.69) is 15.3 Å². The van der Waals surface area contributed by atoms with Gasteiger partial charge in [-0.15, -0.1) is 0 Å². The van der Waals surface area contributed by atoms with E-state index in [1.165, 1.54) is 6.92 Å². The number of Topliss-reactive ketones (excluding diaryl/α,β-unsaturated/α-hetero) is 1. The minimum absolute atomic E-state index is 0.0445. The molecular formula is C17H19N3O2. The number of carbonyl (C=O) groups excluding carboxylic acids is 2. The molecule has 0 radical (unpaired) electrons. The summed E-state index contributed by atoms with van der Waals surface area (Å²) in [4.78, 5) is 32.3. The Morgan fingerprint density at radius 1 is 1.23 bits per heavy atom. The Morgan fingerprint density at radius 2 is 1.95 bits per heavy atom. The lowest BCUT2D eigenvalue weighted by molar-refractivity contribution is 0.101. The molecule has 0 aliphatic rings. The maximum atomic E-state index is 12.3. The normalized spacial score (nSPS) is 10.6. The molecule has 0 saturated carbocycles. The van der Waals surface area contributed by atoms with Gasteiger partial charge in [0.25, 0.3) is 5.91 Å². The predicted molar refractivity (Wildman–Crippen MR) is 85.3 cm³/mol. The van der Waals surface area contributed by atoms with Gasteiger partial charge in [-0.3, -0.25) is 9.59 Å². The number of hydrogen-bond acceptors (Lipinski definition) is 4. The number of benzene rings is 1. The average molecular weight is 297 g/mol. The van der Waals surface area contributed by atoms with Gasteiger partial charge in [0, 0.05) is 23.4 Å². The van der Waals surface area contributed by atoms with Gasteiger partial charge in [0.2, 0.25) is 0 Å². The maximum absolute atomic E-state index is 12.3. The van der Waals surface area contributed by atoms with E-state index in [9.17, 15) is 9.59 Å². The van der Waals surface area contributed by atoms with Crippen LogP contribution in [0.1, 0.15) is 58.9 Å². The van der Waals surface area contributed by atoms with Gasteiger partial charge in [0.15, 0.2) is 5.78 Å². The molecule has 0 atom stereocenters. The topological polar surface area (TPSA) is 72.0 Å². The van der Waals surface area contributed by atoms with E-state index in [-0.39, 0.29) is 17.6 Å². The Bertz CT molecular complexity index is 724. The number of anilines is 1. The maximum Gasteiger partial charge on any atom is 0.259 e. The standard InChI is InChI=1S/C17H19N3O2/c1-10(2)16-18-9-15(11(3)19-16)17(22)20-14-7-5-6-13(8-14)12(4)21/h5-10H,1-4H3,(H,20,22). The van der Waals surface area contributed by atoms with Gasteiger partial charge in [-0.2, -0.15) is 0 Å². The molecule has 1 aromatic carbocycles. The van der Waals surface area contributed by atoms with Crippen LogP contribution in [0.2, 0.25) is 0 Å². The molecular weight excluding hydrogens is 278 g/mol. The Hall–Kier alpha value is -2.56. The number of ketones is 1. The second-order valence-electron chi connectivity index (χ2n) is 5.47. The summed E-state index contributed by atoms with van der Waals surface area (Å²) in [5.74, 6) is 0.598. The van der Waals surface area contributed by atoms with E-state index >= 15 is 0 Å². The number of amides is 1. The van der Waals surface area contributed by atoms with Crippen molar-refractivity contribution in [3.05, 3.63) is 53.1 Å². The number of hydrogen-bond donors (Lipinski definition) is 1. The van der Waals surface area contributed by atoms with Crippen LogP contribution in [0.4, 0.5) is 5.69 Å². The second-order valence-corrected chi connectivity index (χ2v) is 5.47. The highest BCUT2D eigenvalue weighted by Crippen LogP contribution is 2.15. The van der Waals surface area contributed by atoms with Crippen molar-refractivity contribution in [1.82, 2.24) is 9.97 Å². The third kappa shape index (κ3) is 3.55. The van der Waals surface area contributed by atoms with Crippen molar-refractivity contribution in [1.29, 1.82) is 0 Å². The van der Waals surface area contributed by atoms with E-state index in [1.807, 2.05) is 13.8 Å². The zero-order valence-electron chi connectivity index (χ0n) is 13.2. The molecule has 114 valence electrons. The highest BCUT2D eigenvalue weighted by atomic mass is 16.1. The van der Waals surface area contributed by atoms with Crippen LogP contribution in [0.15, 0.2) is 30.5 Å². The van der Waals surface area contributed by atoms with Gasteiger partial charge < -0.3 is 5.32 Å². The van der Waals surface area contributed by atoms with Crippen molar-refractivity contribution in [2.24, 2.45) is 0 Å². The van der Waals surface area contributed by atoms with Crippen LogP contribution in [0.25, 0.3) is 0 Å². The summed E-state index contributed by atoms with van der Waals surface area (Å²) in [6, 6.07) is 6.84. The summed E-state index contributed by atoms with van der Waals surface area (Å²) in [6.45, 7) is 7.28. The van der Waals surface area contributed by atoms with E-state index in [4.69, 9.17) is 0 Å². The molecule has 2 aromatic rings. The van der Waals surface area contributed by atoms with Crippen LogP contribution < -0.4 is 5.32 Å². The number of aryl methyl sites for hydroxylation is 1. The minimum atomic E-state index is -0.284. The SMILES string of the molecule is CC(=O)c1cccc(NC(=O)c2cnc(C(C)C)nc2C)c1.